The van der Waals surface area contributed by atoms with Gasteiger partial charge in [-0.05, 0) is 78.5 Å². The van der Waals surface area contributed by atoms with Crippen LogP contribution in [0.1, 0.15) is 60.3 Å². The smallest absolute Gasteiger partial charge is 0.466 e. The first-order chi connectivity index (χ1) is 21.6. The number of hydrogen-bond acceptors (Lipinski definition) is 5. The van der Waals surface area contributed by atoms with E-state index in [4.69, 9.17) is 19.7 Å². The van der Waals surface area contributed by atoms with Crippen molar-refractivity contribution in [3.05, 3.63) is 101 Å². The minimum atomic E-state index is -2.77. The van der Waals surface area contributed by atoms with Crippen LogP contribution in [-0.2, 0) is 27.3 Å². The van der Waals surface area contributed by atoms with Crippen LogP contribution >= 0.6 is 0 Å². The SMILES string of the molecule is O=C(Nc1cccc(CC2CC2)c1)C(c1ccc(CN2N=C(c3ccccc3)OCC2=O)cc1)C1CCC(F)(F)C1.O=C(O)O. The molecule has 236 valence electrons. The molecule has 2 amide bonds. The molecule has 0 radical (unpaired) electrons. The van der Waals surface area contributed by atoms with E-state index in [2.05, 4.69) is 16.5 Å². The molecule has 3 aliphatic rings. The van der Waals surface area contributed by atoms with Gasteiger partial charge in [-0.3, -0.25) is 9.59 Å². The molecule has 1 aliphatic heterocycles. The molecular formula is C34H35F2N3O6. The highest BCUT2D eigenvalue weighted by molar-refractivity contribution is 5.98. The standard InChI is InChI=1S/C33H33F2N3O3.CH2O3/c34-33(35)16-15-27(19-33)30(31(40)36-28-8-4-5-24(18-28)17-22-9-10-22)25-13-11-23(12-14-25)20-38-29(39)21-41-32(37-38)26-6-2-1-3-7-26;2-1(3)4/h1-8,11-14,18,22,27,30H,9-10,15-17,19-21H2,(H,36,40);(H2,2,3,4). The second kappa shape index (κ2) is 13.9. The van der Waals surface area contributed by atoms with Crippen LogP contribution in [0.5, 0.6) is 0 Å². The Kier molecular flexibility index (Phi) is 9.75. The van der Waals surface area contributed by atoms with Crippen LogP contribution in [0.3, 0.4) is 0 Å². The van der Waals surface area contributed by atoms with E-state index in [-0.39, 0.29) is 44.2 Å². The van der Waals surface area contributed by atoms with E-state index in [0.29, 0.717) is 17.1 Å². The molecule has 11 heteroatoms. The summed E-state index contributed by atoms with van der Waals surface area (Å²) in [5.74, 6) is -3.38. The summed E-state index contributed by atoms with van der Waals surface area (Å²) >= 11 is 0. The molecule has 0 spiro atoms. The molecule has 2 atom stereocenters. The van der Waals surface area contributed by atoms with Gasteiger partial charge in [-0.2, -0.15) is 0 Å². The maximum Gasteiger partial charge on any atom is 0.503 e. The van der Waals surface area contributed by atoms with E-state index in [9.17, 15) is 18.4 Å². The van der Waals surface area contributed by atoms with E-state index in [1.165, 1.54) is 23.4 Å². The minimum Gasteiger partial charge on any atom is -0.466 e. The quantitative estimate of drug-likeness (QED) is 0.243. The molecule has 6 rings (SSSR count). The first-order valence-electron chi connectivity index (χ1n) is 14.9. The van der Waals surface area contributed by atoms with Crippen LogP contribution < -0.4 is 5.32 Å². The van der Waals surface area contributed by atoms with E-state index >= 15 is 0 Å². The van der Waals surface area contributed by atoms with Crippen molar-refractivity contribution in [2.75, 3.05) is 11.9 Å². The maximum atomic E-state index is 14.3. The number of amides is 2. The summed E-state index contributed by atoms with van der Waals surface area (Å²) < 4.78 is 34.1. The summed E-state index contributed by atoms with van der Waals surface area (Å²) in [6, 6.07) is 24.5. The van der Waals surface area contributed by atoms with Gasteiger partial charge in [0.2, 0.25) is 17.7 Å². The van der Waals surface area contributed by atoms with Crippen molar-refractivity contribution >= 4 is 29.6 Å². The number of nitrogens with one attached hydrogen (secondary N) is 1. The Labute approximate surface area is 259 Å². The summed E-state index contributed by atoms with van der Waals surface area (Å²) in [6.07, 6.45) is 1.40. The first-order valence-corrected chi connectivity index (χ1v) is 14.9. The van der Waals surface area contributed by atoms with Crippen molar-refractivity contribution in [2.24, 2.45) is 16.9 Å². The van der Waals surface area contributed by atoms with E-state index in [0.717, 1.165) is 23.5 Å². The molecule has 1 heterocycles. The summed E-state index contributed by atoms with van der Waals surface area (Å²) in [5.41, 5.74) is 4.14. The van der Waals surface area contributed by atoms with Crippen molar-refractivity contribution < 1.29 is 38.1 Å². The summed E-state index contributed by atoms with van der Waals surface area (Å²) in [7, 11) is 0. The average molecular weight is 620 g/mol. The zero-order chi connectivity index (χ0) is 32.0. The third-order valence-electron chi connectivity index (χ3n) is 8.14. The molecule has 3 aromatic rings. The Morgan fingerprint density at radius 3 is 2.33 bits per heavy atom. The third-order valence-corrected chi connectivity index (χ3v) is 8.14. The van der Waals surface area contributed by atoms with Crippen LogP contribution in [0.2, 0.25) is 0 Å². The Hall–Kier alpha value is -4.80. The van der Waals surface area contributed by atoms with Gasteiger partial charge in [-0.15, -0.1) is 5.10 Å². The molecule has 45 heavy (non-hydrogen) atoms. The number of carbonyl (C=O) groups excluding carboxylic acids is 2. The topological polar surface area (TPSA) is 129 Å². The number of alkyl halides is 2. The largest absolute Gasteiger partial charge is 0.503 e. The van der Waals surface area contributed by atoms with E-state index in [1.807, 2.05) is 72.8 Å². The van der Waals surface area contributed by atoms with Crippen LogP contribution in [0.15, 0.2) is 84.0 Å². The fraction of sp³-hybridized carbons (Fsp3) is 0.353. The van der Waals surface area contributed by atoms with Gasteiger partial charge in [0.1, 0.15) is 0 Å². The van der Waals surface area contributed by atoms with Gasteiger partial charge < -0.3 is 20.3 Å². The lowest BCUT2D eigenvalue weighted by molar-refractivity contribution is -0.136. The number of carboxylic acid groups (broad SMARTS) is 2. The van der Waals surface area contributed by atoms with Crippen molar-refractivity contribution in [3.63, 3.8) is 0 Å². The maximum absolute atomic E-state index is 14.3. The lowest BCUT2D eigenvalue weighted by Gasteiger charge is -2.25. The van der Waals surface area contributed by atoms with Gasteiger partial charge in [-0.1, -0.05) is 54.6 Å². The Bertz CT molecular complexity index is 1540. The zero-order valence-corrected chi connectivity index (χ0v) is 24.6. The van der Waals surface area contributed by atoms with E-state index < -0.39 is 23.9 Å². The van der Waals surface area contributed by atoms with Gasteiger partial charge in [-0.25, -0.2) is 18.6 Å². The molecule has 0 saturated heterocycles. The van der Waals surface area contributed by atoms with Crippen LogP contribution in [0.25, 0.3) is 0 Å². The van der Waals surface area contributed by atoms with E-state index in [1.54, 1.807) is 0 Å². The fourth-order valence-electron chi connectivity index (χ4n) is 5.81. The molecule has 9 nitrogen and oxygen atoms in total. The summed E-state index contributed by atoms with van der Waals surface area (Å²) in [6.45, 7) is 0.122. The highest BCUT2D eigenvalue weighted by atomic mass is 19.3. The average Bonchev–Trinajstić information content (AvgIpc) is 3.75. The molecular weight excluding hydrogens is 584 g/mol. The summed E-state index contributed by atoms with van der Waals surface area (Å²) in [5, 5.41) is 22.7. The number of nitrogens with zero attached hydrogens (tertiary/aromatic N) is 2. The van der Waals surface area contributed by atoms with Crippen molar-refractivity contribution in [3.8, 4) is 0 Å². The van der Waals surface area contributed by atoms with Crippen LogP contribution in [0.4, 0.5) is 19.3 Å². The Morgan fingerprint density at radius 1 is 0.978 bits per heavy atom. The van der Waals surface area contributed by atoms with Gasteiger partial charge in [0, 0.05) is 24.1 Å². The highest BCUT2D eigenvalue weighted by Gasteiger charge is 2.45. The lowest BCUT2D eigenvalue weighted by atomic mass is 9.83. The third kappa shape index (κ3) is 8.87. The van der Waals surface area contributed by atoms with Crippen molar-refractivity contribution in [1.82, 2.24) is 5.01 Å². The molecule has 0 aromatic heterocycles. The zero-order valence-electron chi connectivity index (χ0n) is 24.6. The second-order valence-corrected chi connectivity index (χ2v) is 11.7. The van der Waals surface area contributed by atoms with Crippen molar-refractivity contribution in [1.29, 1.82) is 0 Å². The molecule has 3 aromatic carbocycles. The number of anilines is 1. The molecule has 2 aliphatic carbocycles. The lowest BCUT2D eigenvalue weighted by Crippen LogP contribution is -2.36. The van der Waals surface area contributed by atoms with Gasteiger partial charge in [0.15, 0.2) is 6.61 Å². The number of halogens is 2. The Balaban J connectivity index is 0.000000945. The number of hydrazone groups is 1. The predicted octanol–water partition coefficient (Wildman–Crippen LogP) is 6.74. The number of benzene rings is 3. The van der Waals surface area contributed by atoms with Gasteiger partial charge in [0.05, 0.1) is 12.5 Å². The molecule has 3 N–H and O–H groups in total. The number of carbonyl (C=O) groups is 3. The predicted molar refractivity (Wildman–Crippen MR) is 163 cm³/mol. The van der Waals surface area contributed by atoms with Crippen molar-refractivity contribution in [2.45, 2.75) is 56.9 Å². The normalized spacial score (nSPS) is 19.4. The molecule has 2 fully saturated rings. The molecule has 0 bridgehead atoms. The first kappa shape index (κ1) is 31.6. The number of rotatable bonds is 9. The number of ether oxygens (including phenoxy) is 1. The Morgan fingerprint density at radius 2 is 1.69 bits per heavy atom. The minimum absolute atomic E-state index is 0.105. The molecule has 2 unspecified atom stereocenters. The fourth-order valence-corrected chi connectivity index (χ4v) is 5.81. The van der Waals surface area contributed by atoms with Gasteiger partial charge >= 0.3 is 6.16 Å². The monoisotopic (exact) mass is 619 g/mol. The second-order valence-electron chi connectivity index (χ2n) is 11.7. The van der Waals surface area contributed by atoms with Gasteiger partial charge in [0.25, 0.3) is 5.91 Å². The van der Waals surface area contributed by atoms with Crippen LogP contribution in [0, 0.1) is 11.8 Å². The molecule has 2 saturated carbocycles. The number of hydrogen-bond donors (Lipinski definition) is 3. The summed E-state index contributed by atoms with van der Waals surface area (Å²) in [4.78, 5) is 34.7. The highest BCUT2D eigenvalue weighted by Crippen LogP contribution is 2.46. The van der Waals surface area contributed by atoms with Crippen LogP contribution in [-0.4, -0.2) is 51.6 Å².